The maximum atomic E-state index is 11.4. The molecule has 721 valence electrons. The second-order valence-corrected chi connectivity index (χ2v) is 44.3. The third-order valence-corrected chi connectivity index (χ3v) is 23.6. The number of aliphatic hydroxyl groups is 6. The number of benzene rings is 7. The molecule has 0 saturated carbocycles. The van der Waals surface area contributed by atoms with Gasteiger partial charge < -0.3 is 73.0 Å². The number of aromatic hydroxyl groups is 1. The van der Waals surface area contributed by atoms with Crippen LogP contribution in [-0.4, -0.2) is 186 Å². The standard InChI is InChI=1S/C17H24N4O3S.C16H22N4O3S.C10H9ClN2O.C10H10N2O2.C9H10N2O.C8H10BrNO.C8H11NO.C7H16N2O2S.CH4.BHNS.Cl3OP.ClH/c1-12-6-15-16(7-14(12)10-22)18-11-19-17(15)21-5-3-4-13(9-21)8-20-25(2,23)24;1-11-6-13-14(7-15(11)21)17-10-18-16(13)20-5-3-4-12(9-20)8-19-24(2,22)23;1-6-2-8-9(3-7(6)4-14)12-5-13-10(8)11;1-6-2-8-9(3-7(6)4-13)11-5-12-10(8)14;1-6-2-7(4-10)9(11)3-8(6)5-12;1-5-2-7(9)8(10)3-6(5)4-11;1-6-2-3-8(9)4-7(6)5-10;1-12(10,11)9-6-7-3-2-4-8-5-7;;1-2-3;1-5(2,3)4;/h6-7,11,13,20,22H,3-5,8-10H2,1-2H3;6-7,10,12,19,21H,3-5,8-9H2,1-2H3;2-3,5,14H,4H2,1H3;2-3,5,13H,4H2,1H3,(H,11,12,14);2-3,12H,5,11H2,1H3;2-3,11H,4,10H2,1H3;2-4,10H,5,9H2,1H3;7-9H,2-6H2,1H3;1H4;3H;;1H. The van der Waals surface area contributed by atoms with E-state index in [0.29, 0.717) is 69.8 Å². The zero-order chi connectivity index (χ0) is 97.0. The van der Waals surface area contributed by atoms with E-state index in [1.54, 1.807) is 48.8 Å². The fraction of sp³-hybridized carbons (Fsp3) is 0.407. The molecule has 18 N–H and O–H groups in total. The number of sulfonamides is 3. The molecule has 0 spiro atoms. The van der Waals surface area contributed by atoms with Crippen LogP contribution in [0.15, 0.2) is 130 Å². The number of fused-ring (bicyclic) bond motifs is 4. The number of aliphatic hydroxyl groups excluding tert-OH is 6. The van der Waals surface area contributed by atoms with Crippen LogP contribution in [-0.2, 0) is 74.3 Å². The molecule has 0 bridgehead atoms. The Bertz CT molecular complexity index is 6140. The Balaban J connectivity index is 0.000000391. The zero-order valence-corrected chi connectivity index (χ0v) is 83.8. The first-order valence-electron chi connectivity index (χ1n) is 40.4. The molecule has 7 aromatic carbocycles. The monoisotopic (exact) mass is 2080 g/mol. The van der Waals surface area contributed by atoms with Crippen molar-refractivity contribution in [2.24, 2.45) is 22.1 Å². The van der Waals surface area contributed by atoms with Gasteiger partial charge in [0.2, 0.25) is 30.1 Å². The predicted octanol–water partition coefficient (Wildman–Crippen LogP) is 12.8. The SMILES string of the molecule is C.CS(=O)(=O)NCC1CCCNC1.Cc1cc(Br)c(N)cc1CO.Cc1cc(C#N)c(N)cc1CO.Cc1cc2c(=O)[nH]cnc2cc1CO.Cc1cc2c(Cl)ncnc2cc1CO.Cc1cc2c(N3CCCC(CNS(C)(=O)=O)C3)ncnc2cc1CO.Cc1cc2c(N3CCCC(CNS(C)(=O)=O)C3)ncnc2cc1O.Cc1ccc(N)cc1CO.Cl.O=P(Cl)(Cl)Cl.[B]=NS. The van der Waals surface area contributed by atoms with Crippen molar-refractivity contribution in [2.75, 3.05) is 105 Å². The molecule has 3 aliphatic rings. The fourth-order valence-electron chi connectivity index (χ4n) is 13.5. The third-order valence-electron chi connectivity index (χ3n) is 20.6. The van der Waals surface area contributed by atoms with Crippen LogP contribution in [0.3, 0.4) is 0 Å². The third kappa shape index (κ3) is 40.8. The van der Waals surface area contributed by atoms with E-state index in [9.17, 15) is 44.8 Å². The molecule has 3 unspecified atom stereocenters. The summed E-state index contributed by atoms with van der Waals surface area (Å²) >= 11 is 26.3. The Labute approximate surface area is 812 Å². The summed E-state index contributed by atoms with van der Waals surface area (Å²) in [6.07, 6.45) is 15.6. The summed E-state index contributed by atoms with van der Waals surface area (Å²) in [7, 11) is -5.01. The van der Waals surface area contributed by atoms with E-state index in [2.05, 4.69) is 144 Å². The molecule has 132 heavy (non-hydrogen) atoms. The number of hydrogen-bond acceptors (Lipinski definition) is 31. The number of phenols is 1. The molecule has 46 heteroatoms. The molecule has 3 atom stereocenters. The molecular formula is C86H118BBrCl5N19O15PS4. The number of piperidine rings is 3. The molecule has 1 radical (unpaired) electrons. The maximum absolute atomic E-state index is 11.4. The summed E-state index contributed by atoms with van der Waals surface area (Å²) in [5, 5.41) is 76.3. The van der Waals surface area contributed by atoms with Gasteiger partial charge in [-0.05, 0) is 319 Å². The number of thiol groups is 1. The van der Waals surface area contributed by atoms with Crippen LogP contribution in [0.25, 0.3) is 43.6 Å². The number of anilines is 5. The molecule has 0 aliphatic carbocycles. The van der Waals surface area contributed by atoms with E-state index in [-0.39, 0.29) is 82.6 Å². The summed E-state index contributed by atoms with van der Waals surface area (Å²) in [6.45, 7) is 20.1. The number of nitrogens with zero attached hydrogens (tertiary/aromatic N) is 11. The number of nitrogens with one attached hydrogen (secondary N) is 5. The van der Waals surface area contributed by atoms with E-state index in [0.717, 1.165) is 193 Å². The summed E-state index contributed by atoms with van der Waals surface area (Å²) in [5.74, 6) is 2.91. The van der Waals surface area contributed by atoms with Gasteiger partial charge in [-0.3, -0.25) is 9.36 Å². The van der Waals surface area contributed by atoms with Gasteiger partial charge in [-0.15, -0.1) is 12.4 Å². The van der Waals surface area contributed by atoms with Gasteiger partial charge in [-0.25, -0.2) is 74.3 Å². The van der Waals surface area contributed by atoms with Crippen molar-refractivity contribution in [3.05, 3.63) is 214 Å². The van der Waals surface area contributed by atoms with Crippen molar-refractivity contribution in [3.8, 4) is 11.8 Å². The van der Waals surface area contributed by atoms with E-state index in [1.165, 1.54) is 37.7 Å². The normalized spacial score (nSPS) is 14.6. The molecule has 34 nitrogen and oxygen atoms in total. The summed E-state index contributed by atoms with van der Waals surface area (Å²) in [5.41, 5.74) is 33.5. The van der Waals surface area contributed by atoms with Gasteiger partial charge in [0.25, 0.3) is 5.56 Å². The first-order chi connectivity index (χ1) is 61.2. The van der Waals surface area contributed by atoms with Crippen molar-refractivity contribution in [1.29, 1.82) is 5.26 Å². The number of H-pyrrole nitrogens is 1. The first kappa shape index (κ1) is 118. The Morgan fingerprint density at radius 1 is 0.545 bits per heavy atom. The van der Waals surface area contributed by atoms with Gasteiger partial charge in [-0.1, -0.05) is 25.1 Å². The van der Waals surface area contributed by atoms with Crippen LogP contribution in [0.2, 0.25) is 5.15 Å². The zero-order valence-electron chi connectivity index (χ0n) is 74.1. The molecule has 3 saturated heterocycles. The van der Waals surface area contributed by atoms with Gasteiger partial charge in [0, 0.05) is 89.6 Å². The predicted molar refractivity (Wildman–Crippen MR) is 542 cm³/mol. The van der Waals surface area contributed by atoms with Crippen LogP contribution < -0.4 is 52.0 Å². The molecule has 3 fully saturated rings. The number of aromatic nitrogens is 8. The Hall–Kier alpha value is -8.19. The number of rotatable bonds is 17. The average molecular weight is 2090 g/mol. The number of hydrogen-bond donors (Lipinski definition) is 16. The van der Waals surface area contributed by atoms with E-state index in [1.807, 2.05) is 103 Å². The molecule has 7 heterocycles. The average Bonchev–Trinajstić information content (AvgIpc) is 0.788. The number of aryl methyl sites for hydroxylation is 7. The minimum absolute atomic E-state index is 0. The molecular weight excluding hydrogens is 1970 g/mol. The summed E-state index contributed by atoms with van der Waals surface area (Å²) in [6, 6.07) is 29.2. The minimum atomic E-state index is -3.22. The summed E-state index contributed by atoms with van der Waals surface area (Å²) in [4.78, 5) is 47.8. The van der Waals surface area contributed by atoms with E-state index < -0.39 is 35.3 Å². The van der Waals surface area contributed by atoms with Gasteiger partial charge >= 0.3 is 30.0 Å². The Kier molecular flexibility index (Phi) is 51.5. The topological polar surface area (TPSA) is 553 Å². The van der Waals surface area contributed by atoms with Gasteiger partial charge in [0.1, 0.15) is 47.6 Å². The number of aromatic amines is 1. The fourth-order valence-corrected chi connectivity index (χ4v) is 15.8. The van der Waals surface area contributed by atoms with E-state index >= 15 is 0 Å². The van der Waals surface area contributed by atoms with Crippen molar-refractivity contribution < 1.29 is 65.6 Å². The second-order valence-electron chi connectivity index (χ2n) is 30.7. The van der Waals surface area contributed by atoms with Crippen LogP contribution >= 0.6 is 91.7 Å². The van der Waals surface area contributed by atoms with Crippen LogP contribution in [0.5, 0.6) is 5.75 Å². The Morgan fingerprint density at radius 2 is 0.917 bits per heavy atom. The number of nitrogen functional groups attached to an aromatic ring is 3. The molecule has 0 amide bonds. The molecule has 14 rings (SSSR count). The van der Waals surface area contributed by atoms with E-state index in [4.69, 9.17) is 59.6 Å². The Morgan fingerprint density at radius 3 is 1.35 bits per heavy atom. The van der Waals surface area contributed by atoms with Crippen molar-refractivity contribution in [2.45, 2.75) is 134 Å². The molecule has 4 aromatic heterocycles. The van der Waals surface area contributed by atoms with Gasteiger partial charge in [0.15, 0.2) is 0 Å². The number of phenolic OH excluding ortho intramolecular Hbond substituents is 1. The van der Waals surface area contributed by atoms with Crippen LogP contribution in [0.4, 0.5) is 28.7 Å². The molecule has 11 aromatic rings. The first-order valence-corrected chi connectivity index (χ1v) is 52.0. The number of nitrogens with two attached hydrogens (primary N) is 3. The number of nitriles is 1. The molecule has 3 aliphatic heterocycles. The number of halogens is 6. The van der Waals surface area contributed by atoms with Crippen LogP contribution in [0, 0.1) is 77.6 Å². The van der Waals surface area contributed by atoms with Crippen molar-refractivity contribution in [3.63, 3.8) is 0 Å². The van der Waals surface area contributed by atoms with Gasteiger partial charge in [0.05, 0.1) is 97.8 Å². The summed E-state index contributed by atoms with van der Waals surface area (Å²) < 4.78 is 87.6. The van der Waals surface area contributed by atoms with Crippen molar-refractivity contribution in [1.82, 2.24) is 59.4 Å². The van der Waals surface area contributed by atoms with Crippen molar-refractivity contribution >= 4 is 202 Å². The second kappa shape index (κ2) is 57.6. The quantitative estimate of drug-likeness (QED) is 0.0132. The van der Waals surface area contributed by atoms with Crippen LogP contribution in [0.1, 0.15) is 124 Å². The van der Waals surface area contributed by atoms with Gasteiger partial charge in [-0.2, -0.15) is 5.26 Å².